The molecule has 0 bridgehead atoms. The normalized spacial score (nSPS) is 17.3. The first-order valence-electron chi connectivity index (χ1n) is 11.3. The van der Waals surface area contributed by atoms with E-state index in [0.29, 0.717) is 19.6 Å². The van der Waals surface area contributed by atoms with Gasteiger partial charge in [0.25, 0.3) is 0 Å². The summed E-state index contributed by atoms with van der Waals surface area (Å²) in [7, 11) is 0. The number of carbonyl (C=O) groups is 2. The third-order valence-corrected chi connectivity index (χ3v) is 6.61. The molecule has 0 aliphatic carbocycles. The number of hydrogen-bond acceptors (Lipinski definition) is 2. The number of rotatable bonds is 3. The number of aromatic nitrogens is 1. The van der Waals surface area contributed by atoms with Gasteiger partial charge in [0.15, 0.2) is 0 Å². The standard InChI is InChI=1S/C26H28N4O2/c31-25(20-12-16-30(17-13-20)26(32)28-21-6-2-1-3-7-21)29-14-10-19(11-15-29)23-18-27-24-9-5-4-8-22(23)24/h1-10,18,20,27H,11-17H2,(H,28,32). The fourth-order valence-electron chi connectivity index (χ4n) is 4.76. The Hall–Kier alpha value is -3.54. The Morgan fingerprint density at radius 1 is 0.906 bits per heavy atom. The molecule has 2 aliphatic rings. The van der Waals surface area contributed by atoms with Crippen molar-refractivity contribution in [1.29, 1.82) is 0 Å². The van der Waals surface area contributed by atoms with Crippen LogP contribution in [0.2, 0.25) is 0 Å². The number of aromatic amines is 1. The topological polar surface area (TPSA) is 68.4 Å². The number of amides is 3. The zero-order chi connectivity index (χ0) is 21.9. The summed E-state index contributed by atoms with van der Waals surface area (Å²) in [4.78, 5) is 32.7. The number of benzene rings is 2. The molecule has 1 fully saturated rings. The summed E-state index contributed by atoms with van der Waals surface area (Å²) >= 11 is 0. The van der Waals surface area contributed by atoms with E-state index in [1.54, 1.807) is 0 Å². The van der Waals surface area contributed by atoms with Crippen LogP contribution in [0.25, 0.3) is 16.5 Å². The molecule has 2 aliphatic heterocycles. The van der Waals surface area contributed by atoms with E-state index >= 15 is 0 Å². The number of nitrogens with zero attached hydrogens (tertiary/aromatic N) is 2. The van der Waals surface area contributed by atoms with Crippen molar-refractivity contribution in [2.75, 3.05) is 31.5 Å². The number of fused-ring (bicyclic) bond motifs is 1. The lowest BCUT2D eigenvalue weighted by Crippen LogP contribution is -2.46. The second-order valence-electron chi connectivity index (χ2n) is 8.57. The van der Waals surface area contributed by atoms with Crippen molar-refractivity contribution in [2.24, 2.45) is 5.92 Å². The zero-order valence-electron chi connectivity index (χ0n) is 18.1. The van der Waals surface area contributed by atoms with Crippen LogP contribution in [0.5, 0.6) is 0 Å². The van der Waals surface area contributed by atoms with Gasteiger partial charge < -0.3 is 20.1 Å². The highest BCUT2D eigenvalue weighted by atomic mass is 16.2. The number of H-pyrrole nitrogens is 1. The van der Waals surface area contributed by atoms with Crippen molar-refractivity contribution in [1.82, 2.24) is 14.8 Å². The lowest BCUT2D eigenvalue weighted by Gasteiger charge is -2.35. The summed E-state index contributed by atoms with van der Waals surface area (Å²) in [5.74, 6) is 0.223. The Kier molecular flexibility index (Phi) is 5.67. The van der Waals surface area contributed by atoms with Crippen molar-refractivity contribution in [2.45, 2.75) is 19.3 Å². The van der Waals surface area contributed by atoms with Crippen molar-refractivity contribution in [3.8, 4) is 0 Å². The highest BCUT2D eigenvalue weighted by Crippen LogP contribution is 2.30. The maximum atomic E-state index is 13.1. The molecule has 6 heteroatoms. The number of piperidine rings is 1. The molecular weight excluding hydrogens is 400 g/mol. The molecule has 32 heavy (non-hydrogen) atoms. The number of hydrogen-bond donors (Lipinski definition) is 2. The summed E-state index contributed by atoms with van der Waals surface area (Å²) in [6.07, 6.45) is 6.57. The molecule has 2 N–H and O–H groups in total. The first-order chi connectivity index (χ1) is 15.7. The summed E-state index contributed by atoms with van der Waals surface area (Å²) < 4.78 is 0. The molecule has 3 heterocycles. The molecule has 5 rings (SSSR count). The molecule has 1 saturated heterocycles. The zero-order valence-corrected chi connectivity index (χ0v) is 18.1. The molecule has 0 unspecified atom stereocenters. The highest BCUT2D eigenvalue weighted by Gasteiger charge is 2.31. The highest BCUT2D eigenvalue weighted by molar-refractivity contribution is 5.93. The Labute approximate surface area is 187 Å². The molecule has 0 spiro atoms. The Balaban J connectivity index is 1.15. The first-order valence-corrected chi connectivity index (χ1v) is 11.3. The maximum absolute atomic E-state index is 13.1. The SMILES string of the molecule is O=C(Nc1ccccc1)N1CCC(C(=O)N2CC=C(c3c[nH]c4ccccc34)CC2)CC1. The lowest BCUT2D eigenvalue weighted by atomic mass is 9.93. The maximum Gasteiger partial charge on any atom is 0.321 e. The second-order valence-corrected chi connectivity index (χ2v) is 8.57. The number of nitrogens with one attached hydrogen (secondary N) is 2. The van der Waals surface area contributed by atoms with Gasteiger partial charge >= 0.3 is 6.03 Å². The largest absolute Gasteiger partial charge is 0.361 e. The van der Waals surface area contributed by atoms with Crippen LogP contribution in [0.4, 0.5) is 10.5 Å². The molecular formula is C26H28N4O2. The van der Waals surface area contributed by atoms with Crippen LogP contribution in [0, 0.1) is 5.92 Å². The van der Waals surface area contributed by atoms with Crippen LogP contribution in [0.3, 0.4) is 0 Å². The molecule has 2 aromatic carbocycles. The Bertz CT molecular complexity index is 1140. The minimum Gasteiger partial charge on any atom is -0.361 e. The van der Waals surface area contributed by atoms with Crippen molar-refractivity contribution >= 4 is 34.1 Å². The van der Waals surface area contributed by atoms with Gasteiger partial charge in [-0.05, 0) is 43.0 Å². The van der Waals surface area contributed by atoms with Gasteiger partial charge in [0.2, 0.25) is 5.91 Å². The van der Waals surface area contributed by atoms with Crippen LogP contribution in [-0.4, -0.2) is 52.9 Å². The minimum absolute atomic E-state index is 0.00110. The van der Waals surface area contributed by atoms with E-state index in [1.807, 2.05) is 46.2 Å². The van der Waals surface area contributed by atoms with E-state index < -0.39 is 0 Å². The van der Waals surface area contributed by atoms with Crippen LogP contribution in [0.1, 0.15) is 24.8 Å². The van der Waals surface area contributed by atoms with Gasteiger partial charge in [-0.25, -0.2) is 4.79 Å². The molecule has 0 radical (unpaired) electrons. The molecule has 3 aromatic rings. The number of carbonyl (C=O) groups excluding carboxylic acids is 2. The number of para-hydroxylation sites is 2. The third kappa shape index (κ3) is 4.13. The van der Waals surface area contributed by atoms with Gasteiger partial charge in [-0.1, -0.05) is 42.5 Å². The van der Waals surface area contributed by atoms with E-state index in [2.05, 4.69) is 40.8 Å². The van der Waals surface area contributed by atoms with Crippen LogP contribution >= 0.6 is 0 Å². The Morgan fingerprint density at radius 3 is 2.41 bits per heavy atom. The summed E-state index contributed by atoms with van der Waals surface area (Å²) in [5, 5.41) is 4.17. The Morgan fingerprint density at radius 2 is 1.66 bits per heavy atom. The average molecular weight is 429 g/mol. The monoisotopic (exact) mass is 428 g/mol. The molecule has 3 amide bonds. The average Bonchev–Trinajstić information content (AvgIpc) is 3.29. The number of urea groups is 1. The van der Waals surface area contributed by atoms with Gasteiger partial charge in [0.05, 0.1) is 0 Å². The summed E-state index contributed by atoms with van der Waals surface area (Å²) in [5.41, 5.74) is 4.48. The van der Waals surface area contributed by atoms with Gasteiger partial charge in [0.1, 0.15) is 0 Å². The fraction of sp³-hybridized carbons (Fsp3) is 0.308. The molecule has 0 atom stereocenters. The van der Waals surface area contributed by atoms with Crippen molar-refractivity contribution in [3.05, 3.63) is 72.4 Å². The van der Waals surface area contributed by atoms with Crippen LogP contribution in [0.15, 0.2) is 66.9 Å². The van der Waals surface area contributed by atoms with E-state index in [9.17, 15) is 9.59 Å². The smallest absolute Gasteiger partial charge is 0.321 e. The lowest BCUT2D eigenvalue weighted by molar-refractivity contribution is -0.136. The predicted molar refractivity (Wildman–Crippen MR) is 127 cm³/mol. The quantitative estimate of drug-likeness (QED) is 0.633. The van der Waals surface area contributed by atoms with E-state index in [4.69, 9.17) is 0 Å². The van der Waals surface area contributed by atoms with Gasteiger partial charge in [-0.3, -0.25) is 4.79 Å². The van der Waals surface area contributed by atoms with Crippen LogP contribution in [-0.2, 0) is 4.79 Å². The molecule has 1 aromatic heterocycles. The van der Waals surface area contributed by atoms with Crippen LogP contribution < -0.4 is 5.32 Å². The van der Waals surface area contributed by atoms with Gasteiger partial charge in [-0.2, -0.15) is 0 Å². The van der Waals surface area contributed by atoms with Crippen molar-refractivity contribution in [3.63, 3.8) is 0 Å². The number of anilines is 1. The van der Waals surface area contributed by atoms with E-state index in [1.165, 1.54) is 16.5 Å². The van der Waals surface area contributed by atoms with E-state index in [0.717, 1.165) is 37.0 Å². The van der Waals surface area contributed by atoms with E-state index in [-0.39, 0.29) is 17.9 Å². The molecule has 0 saturated carbocycles. The van der Waals surface area contributed by atoms with Gasteiger partial charge in [-0.15, -0.1) is 0 Å². The van der Waals surface area contributed by atoms with Gasteiger partial charge in [0, 0.05) is 60.4 Å². The molecule has 164 valence electrons. The third-order valence-electron chi connectivity index (χ3n) is 6.61. The molecule has 6 nitrogen and oxygen atoms in total. The predicted octanol–water partition coefficient (Wildman–Crippen LogP) is 4.73. The minimum atomic E-state index is -0.0913. The summed E-state index contributed by atoms with van der Waals surface area (Å²) in [6.45, 7) is 2.62. The summed E-state index contributed by atoms with van der Waals surface area (Å²) in [6, 6.07) is 17.7. The van der Waals surface area contributed by atoms with Crippen molar-refractivity contribution < 1.29 is 9.59 Å². The fourth-order valence-corrected chi connectivity index (χ4v) is 4.76. The number of likely N-dealkylation sites (tertiary alicyclic amines) is 1. The second kappa shape index (κ2) is 8.91. The first kappa shape index (κ1) is 20.4.